The molecule has 0 N–H and O–H groups in total. The predicted octanol–water partition coefficient (Wildman–Crippen LogP) is 4.45. The van der Waals surface area contributed by atoms with Gasteiger partial charge in [0.1, 0.15) is 0 Å². The molecule has 0 unspecified atom stereocenters. The van der Waals surface area contributed by atoms with Crippen LogP contribution in [0.2, 0.25) is 10.0 Å². The van der Waals surface area contributed by atoms with E-state index in [-0.39, 0.29) is 11.8 Å². The number of likely N-dealkylation sites (N-methyl/N-ethyl adjacent to an activating group) is 1. The number of pyridine rings is 1. The summed E-state index contributed by atoms with van der Waals surface area (Å²) in [5.41, 5.74) is 4.25. The van der Waals surface area contributed by atoms with Crippen molar-refractivity contribution in [2.24, 2.45) is 0 Å². The average molecular weight is 511 g/mol. The quantitative estimate of drug-likeness (QED) is 0.520. The van der Waals surface area contributed by atoms with Gasteiger partial charge in [0, 0.05) is 78.8 Å². The molecule has 2 amide bonds. The van der Waals surface area contributed by atoms with Crippen molar-refractivity contribution in [3.8, 4) is 0 Å². The summed E-state index contributed by atoms with van der Waals surface area (Å²) in [5.74, 6) is 0.0861. The Morgan fingerprint density at radius 3 is 2.51 bits per heavy atom. The summed E-state index contributed by atoms with van der Waals surface area (Å²) in [5, 5.41) is 2.01. The number of aryl methyl sites for hydroxylation is 1. The Hall–Kier alpha value is -2.67. The minimum atomic E-state index is 0.0372. The molecule has 3 heterocycles. The van der Waals surface area contributed by atoms with Crippen molar-refractivity contribution < 1.29 is 9.59 Å². The van der Waals surface area contributed by atoms with Crippen molar-refractivity contribution in [3.05, 3.63) is 74.9 Å². The monoisotopic (exact) mass is 510 g/mol. The third kappa shape index (κ3) is 5.01. The Kier molecular flexibility index (Phi) is 6.96. The molecule has 0 radical (unpaired) electrons. The molecule has 2 aromatic carbocycles. The van der Waals surface area contributed by atoms with Gasteiger partial charge in [-0.2, -0.15) is 0 Å². The zero-order valence-electron chi connectivity index (χ0n) is 19.8. The normalized spacial score (nSPS) is 16.4. The molecule has 0 aliphatic carbocycles. The second-order valence-electron chi connectivity index (χ2n) is 9.33. The Labute approximate surface area is 215 Å². The smallest absolute Gasteiger partial charge is 0.255 e. The molecule has 3 aromatic rings. The second kappa shape index (κ2) is 10.1. The number of carbonyl (C=O) groups is 2. The van der Waals surface area contributed by atoms with Gasteiger partial charge in [-0.3, -0.25) is 14.6 Å². The average Bonchev–Trinajstić information content (AvgIpc) is 2.86. The standard InChI is InChI=1S/C27H28Cl2N4O2/c1-31-12-14-32(15-13-31)27(35)26-20-4-2-3-5-23(20)30-24-10-11-33(17-21(24)26)25(34)9-7-18-6-8-19(28)16-22(18)29/h2-6,8,16H,7,9-15,17H2,1H3. The Balaban J connectivity index is 1.41. The fraction of sp³-hybridized carbons (Fsp3) is 0.370. The second-order valence-corrected chi connectivity index (χ2v) is 10.2. The fourth-order valence-corrected chi connectivity index (χ4v) is 5.44. The lowest BCUT2D eigenvalue weighted by Crippen LogP contribution is -2.47. The van der Waals surface area contributed by atoms with Crippen LogP contribution in [0.25, 0.3) is 10.9 Å². The number of carbonyl (C=O) groups excluding carboxylic acids is 2. The number of hydrogen-bond acceptors (Lipinski definition) is 4. The molecule has 35 heavy (non-hydrogen) atoms. The molecule has 6 nitrogen and oxygen atoms in total. The molecular formula is C27H28Cl2N4O2. The molecule has 0 saturated carbocycles. The van der Waals surface area contributed by atoms with Gasteiger partial charge >= 0.3 is 0 Å². The highest BCUT2D eigenvalue weighted by Gasteiger charge is 2.30. The van der Waals surface area contributed by atoms with Crippen LogP contribution in [-0.2, 0) is 24.2 Å². The first-order chi connectivity index (χ1) is 16.9. The van der Waals surface area contributed by atoms with E-state index in [1.807, 2.05) is 40.1 Å². The van der Waals surface area contributed by atoms with Gasteiger partial charge in [-0.05, 0) is 37.2 Å². The third-order valence-electron chi connectivity index (χ3n) is 7.03. The van der Waals surface area contributed by atoms with Crippen LogP contribution in [0.1, 0.15) is 33.6 Å². The number of aromatic nitrogens is 1. The van der Waals surface area contributed by atoms with Crippen molar-refractivity contribution in [3.63, 3.8) is 0 Å². The zero-order chi connectivity index (χ0) is 24.5. The van der Waals surface area contributed by atoms with Gasteiger partial charge in [0.2, 0.25) is 5.91 Å². The molecule has 182 valence electrons. The largest absolute Gasteiger partial charge is 0.338 e. The molecular weight excluding hydrogens is 483 g/mol. The molecule has 1 fully saturated rings. The number of benzene rings is 2. The number of amides is 2. The van der Waals surface area contributed by atoms with Crippen LogP contribution >= 0.6 is 23.2 Å². The summed E-state index contributed by atoms with van der Waals surface area (Å²) >= 11 is 12.3. The first-order valence-electron chi connectivity index (χ1n) is 12.0. The highest BCUT2D eigenvalue weighted by Crippen LogP contribution is 2.30. The topological polar surface area (TPSA) is 56.8 Å². The Morgan fingerprint density at radius 1 is 0.971 bits per heavy atom. The van der Waals surface area contributed by atoms with E-state index < -0.39 is 0 Å². The van der Waals surface area contributed by atoms with Crippen LogP contribution in [0.5, 0.6) is 0 Å². The molecule has 8 heteroatoms. The SMILES string of the molecule is CN1CCN(C(=O)c2c3c(nc4ccccc24)CCN(C(=O)CCc2ccc(Cl)cc2Cl)C3)CC1. The molecule has 0 bridgehead atoms. The van der Waals surface area contributed by atoms with Crippen LogP contribution in [0.4, 0.5) is 0 Å². The van der Waals surface area contributed by atoms with E-state index in [2.05, 4.69) is 11.9 Å². The summed E-state index contributed by atoms with van der Waals surface area (Å²) in [6.07, 6.45) is 1.53. The number of para-hydroxylation sites is 1. The van der Waals surface area contributed by atoms with E-state index in [0.29, 0.717) is 61.1 Å². The van der Waals surface area contributed by atoms with Gasteiger partial charge in [0.25, 0.3) is 5.91 Å². The van der Waals surface area contributed by atoms with E-state index in [0.717, 1.165) is 40.8 Å². The zero-order valence-corrected chi connectivity index (χ0v) is 21.3. The number of hydrogen-bond donors (Lipinski definition) is 0. The van der Waals surface area contributed by atoms with E-state index in [9.17, 15) is 9.59 Å². The molecule has 5 rings (SSSR count). The van der Waals surface area contributed by atoms with Crippen LogP contribution < -0.4 is 0 Å². The van der Waals surface area contributed by atoms with Gasteiger partial charge in [-0.15, -0.1) is 0 Å². The first kappa shape index (κ1) is 24.0. The van der Waals surface area contributed by atoms with Crippen molar-refractivity contribution >= 4 is 45.9 Å². The summed E-state index contributed by atoms with van der Waals surface area (Å²) in [6, 6.07) is 13.2. The van der Waals surface area contributed by atoms with Gasteiger partial charge in [-0.25, -0.2) is 0 Å². The Bertz CT molecular complexity index is 1290. The predicted molar refractivity (Wildman–Crippen MR) is 139 cm³/mol. The number of piperazine rings is 1. The number of nitrogens with zero attached hydrogens (tertiary/aromatic N) is 4. The highest BCUT2D eigenvalue weighted by atomic mass is 35.5. The lowest BCUT2D eigenvalue weighted by atomic mass is 9.94. The van der Waals surface area contributed by atoms with Crippen LogP contribution in [0.15, 0.2) is 42.5 Å². The highest BCUT2D eigenvalue weighted by molar-refractivity contribution is 6.35. The first-order valence-corrected chi connectivity index (χ1v) is 12.8. The molecule has 2 aliphatic heterocycles. The maximum Gasteiger partial charge on any atom is 0.255 e. The summed E-state index contributed by atoms with van der Waals surface area (Å²) in [4.78, 5) is 37.9. The van der Waals surface area contributed by atoms with Crippen LogP contribution in [0.3, 0.4) is 0 Å². The van der Waals surface area contributed by atoms with Crippen molar-refractivity contribution in [2.45, 2.75) is 25.8 Å². The van der Waals surface area contributed by atoms with Crippen molar-refractivity contribution in [1.82, 2.24) is 19.7 Å². The summed E-state index contributed by atoms with van der Waals surface area (Å²) in [6.45, 7) is 4.10. The molecule has 0 spiro atoms. The molecule has 1 aromatic heterocycles. The number of halogens is 2. The number of rotatable bonds is 4. The van der Waals surface area contributed by atoms with Crippen molar-refractivity contribution in [2.75, 3.05) is 39.8 Å². The van der Waals surface area contributed by atoms with E-state index in [4.69, 9.17) is 28.2 Å². The minimum absolute atomic E-state index is 0.0372. The van der Waals surface area contributed by atoms with Gasteiger partial charge < -0.3 is 14.7 Å². The van der Waals surface area contributed by atoms with E-state index in [1.54, 1.807) is 12.1 Å². The fourth-order valence-electron chi connectivity index (χ4n) is 4.94. The molecule has 0 atom stereocenters. The van der Waals surface area contributed by atoms with E-state index in [1.165, 1.54) is 0 Å². The van der Waals surface area contributed by atoms with Gasteiger partial charge in [0.05, 0.1) is 11.1 Å². The van der Waals surface area contributed by atoms with Crippen LogP contribution in [-0.4, -0.2) is 71.3 Å². The third-order valence-corrected chi connectivity index (χ3v) is 7.61. The van der Waals surface area contributed by atoms with E-state index >= 15 is 0 Å². The molecule has 2 aliphatic rings. The molecule has 1 saturated heterocycles. The summed E-state index contributed by atoms with van der Waals surface area (Å²) < 4.78 is 0. The Morgan fingerprint density at radius 2 is 1.74 bits per heavy atom. The number of fused-ring (bicyclic) bond motifs is 2. The van der Waals surface area contributed by atoms with Crippen LogP contribution in [0, 0.1) is 0 Å². The lowest BCUT2D eigenvalue weighted by Gasteiger charge is -2.35. The maximum atomic E-state index is 13.8. The van der Waals surface area contributed by atoms with Crippen molar-refractivity contribution in [1.29, 1.82) is 0 Å². The summed E-state index contributed by atoms with van der Waals surface area (Å²) in [7, 11) is 2.08. The lowest BCUT2D eigenvalue weighted by molar-refractivity contribution is -0.132. The minimum Gasteiger partial charge on any atom is -0.338 e. The van der Waals surface area contributed by atoms with Gasteiger partial charge in [-0.1, -0.05) is 47.5 Å². The maximum absolute atomic E-state index is 13.8. The van der Waals surface area contributed by atoms with Gasteiger partial charge in [0.15, 0.2) is 0 Å².